The van der Waals surface area contributed by atoms with Crippen LogP contribution in [0.5, 0.6) is 0 Å². The Hall–Kier alpha value is -0.620. The number of hydrogen-bond acceptors (Lipinski definition) is 2. The number of benzene rings is 1. The first-order chi connectivity index (χ1) is 8.58. The van der Waals surface area contributed by atoms with Crippen molar-refractivity contribution in [2.45, 2.75) is 45.2 Å². The van der Waals surface area contributed by atoms with E-state index in [-0.39, 0.29) is 5.91 Å². The van der Waals surface area contributed by atoms with Crippen LogP contribution in [-0.4, -0.2) is 23.0 Å². The number of carbonyl (C=O) groups excluding carboxylic acids is 1. The highest BCUT2D eigenvalue weighted by atomic mass is 127. The number of hydrogen-bond donors (Lipinski definition) is 1. The highest BCUT2D eigenvalue weighted by Crippen LogP contribution is 2.20. The number of halogens is 1. The van der Waals surface area contributed by atoms with Gasteiger partial charge in [0.1, 0.15) is 0 Å². The van der Waals surface area contributed by atoms with Gasteiger partial charge in [0.25, 0.3) is 5.91 Å². The summed E-state index contributed by atoms with van der Waals surface area (Å²) in [6, 6.07) is 8.49. The Labute approximate surface area is 122 Å². The molecular formula is C14H19IN2O. The molecule has 0 saturated carbocycles. The van der Waals surface area contributed by atoms with E-state index < -0.39 is 0 Å². The third-order valence-electron chi connectivity index (χ3n) is 3.53. The summed E-state index contributed by atoms with van der Waals surface area (Å²) in [5, 5.41) is 2.10. The van der Waals surface area contributed by atoms with E-state index in [0.29, 0.717) is 12.1 Å². The summed E-state index contributed by atoms with van der Waals surface area (Å²) in [5.74, 6) is -0.00741. The minimum atomic E-state index is -0.00741. The molecule has 2 unspecified atom stereocenters. The van der Waals surface area contributed by atoms with E-state index in [1.165, 1.54) is 6.42 Å². The lowest BCUT2D eigenvalue weighted by Crippen LogP contribution is -2.54. The zero-order chi connectivity index (χ0) is 13.1. The van der Waals surface area contributed by atoms with E-state index in [0.717, 1.165) is 22.0 Å². The third-order valence-corrected chi connectivity index (χ3v) is 4.25. The van der Waals surface area contributed by atoms with Gasteiger partial charge < -0.3 is 0 Å². The second-order valence-electron chi connectivity index (χ2n) is 4.98. The Morgan fingerprint density at radius 3 is 2.33 bits per heavy atom. The lowest BCUT2D eigenvalue weighted by molar-refractivity contribution is 0.0370. The highest BCUT2D eigenvalue weighted by Gasteiger charge is 2.26. The van der Waals surface area contributed by atoms with Crippen LogP contribution in [0.25, 0.3) is 0 Å². The minimum absolute atomic E-state index is 0.00741. The summed E-state index contributed by atoms with van der Waals surface area (Å²) in [4.78, 5) is 12.2. The van der Waals surface area contributed by atoms with Crippen molar-refractivity contribution in [3.8, 4) is 0 Å². The molecule has 3 nitrogen and oxygen atoms in total. The summed E-state index contributed by atoms with van der Waals surface area (Å²) in [6.07, 6.45) is 3.55. The summed E-state index contributed by atoms with van der Waals surface area (Å²) in [7, 11) is 0. The van der Waals surface area contributed by atoms with Crippen LogP contribution >= 0.6 is 22.6 Å². The molecule has 1 aliphatic rings. The van der Waals surface area contributed by atoms with Crippen LogP contribution < -0.4 is 5.43 Å². The Morgan fingerprint density at radius 2 is 1.78 bits per heavy atom. The maximum atomic E-state index is 12.2. The van der Waals surface area contributed by atoms with E-state index >= 15 is 0 Å². The Bertz CT molecular complexity index is 408. The Balaban J connectivity index is 2.04. The van der Waals surface area contributed by atoms with Gasteiger partial charge in [0.05, 0.1) is 0 Å². The van der Waals surface area contributed by atoms with Crippen molar-refractivity contribution in [1.82, 2.24) is 10.4 Å². The molecule has 4 heteroatoms. The van der Waals surface area contributed by atoms with E-state index in [2.05, 4.69) is 46.9 Å². The summed E-state index contributed by atoms with van der Waals surface area (Å²) >= 11 is 2.24. The van der Waals surface area contributed by atoms with E-state index in [1.807, 2.05) is 24.3 Å². The van der Waals surface area contributed by atoms with Crippen LogP contribution in [0.15, 0.2) is 24.3 Å². The molecule has 1 amide bonds. The third kappa shape index (κ3) is 3.23. The molecule has 98 valence electrons. The van der Waals surface area contributed by atoms with Gasteiger partial charge in [-0.05, 0) is 73.5 Å². The van der Waals surface area contributed by atoms with E-state index in [1.54, 1.807) is 0 Å². The molecule has 0 aliphatic carbocycles. The van der Waals surface area contributed by atoms with Crippen LogP contribution in [0.4, 0.5) is 0 Å². The van der Waals surface area contributed by atoms with E-state index in [9.17, 15) is 4.79 Å². The van der Waals surface area contributed by atoms with Crippen molar-refractivity contribution in [2.75, 3.05) is 0 Å². The van der Waals surface area contributed by atoms with Crippen molar-refractivity contribution >= 4 is 28.5 Å². The van der Waals surface area contributed by atoms with Crippen LogP contribution in [0.1, 0.15) is 43.5 Å². The van der Waals surface area contributed by atoms with Crippen molar-refractivity contribution in [2.24, 2.45) is 0 Å². The molecule has 0 spiro atoms. The smallest absolute Gasteiger partial charge is 0.265 e. The van der Waals surface area contributed by atoms with Crippen LogP contribution in [0, 0.1) is 3.57 Å². The van der Waals surface area contributed by atoms with Crippen LogP contribution in [-0.2, 0) is 0 Å². The Morgan fingerprint density at radius 1 is 1.22 bits per heavy atom. The zero-order valence-corrected chi connectivity index (χ0v) is 13.0. The molecule has 2 rings (SSSR count). The highest BCUT2D eigenvalue weighted by molar-refractivity contribution is 14.1. The molecular weight excluding hydrogens is 339 g/mol. The van der Waals surface area contributed by atoms with E-state index in [4.69, 9.17) is 0 Å². The average Bonchev–Trinajstić information content (AvgIpc) is 2.34. The molecule has 0 radical (unpaired) electrons. The predicted octanol–water partition coefficient (Wildman–Crippen LogP) is 3.20. The van der Waals surface area contributed by atoms with Gasteiger partial charge in [-0.3, -0.25) is 10.2 Å². The number of piperidine rings is 1. The summed E-state index contributed by atoms with van der Waals surface area (Å²) < 4.78 is 1.14. The van der Waals surface area contributed by atoms with Gasteiger partial charge in [-0.25, -0.2) is 5.01 Å². The average molecular weight is 358 g/mol. The molecule has 18 heavy (non-hydrogen) atoms. The number of nitrogens with zero attached hydrogens (tertiary/aromatic N) is 1. The van der Waals surface area contributed by atoms with Gasteiger partial charge in [-0.2, -0.15) is 0 Å². The number of amides is 1. The molecule has 2 atom stereocenters. The van der Waals surface area contributed by atoms with Crippen molar-refractivity contribution in [3.05, 3.63) is 33.4 Å². The second-order valence-corrected chi connectivity index (χ2v) is 6.23. The largest absolute Gasteiger partial charge is 0.284 e. The molecule has 1 saturated heterocycles. The molecule has 1 aromatic rings. The van der Waals surface area contributed by atoms with Gasteiger partial charge in [-0.15, -0.1) is 0 Å². The summed E-state index contributed by atoms with van der Waals surface area (Å²) in [5.41, 5.74) is 3.77. The number of hydrazine groups is 1. The van der Waals surface area contributed by atoms with Gasteiger partial charge in [0.2, 0.25) is 0 Å². The molecule has 0 aromatic heterocycles. The van der Waals surface area contributed by atoms with Gasteiger partial charge in [0.15, 0.2) is 0 Å². The Kier molecular flexibility index (Phi) is 4.61. The standard InChI is InChI=1S/C14H19IN2O/c1-10-4-3-5-11(2)17(10)16-14(18)12-6-8-13(15)9-7-12/h6-11H,3-5H2,1-2H3,(H,16,18). The first-order valence-corrected chi connectivity index (χ1v) is 7.50. The maximum Gasteiger partial charge on any atom is 0.265 e. The molecule has 1 aliphatic heterocycles. The topological polar surface area (TPSA) is 32.3 Å². The number of rotatable bonds is 2. The van der Waals surface area contributed by atoms with Crippen molar-refractivity contribution in [1.29, 1.82) is 0 Å². The molecule has 1 aromatic carbocycles. The van der Waals surface area contributed by atoms with Gasteiger partial charge in [0, 0.05) is 21.2 Å². The fourth-order valence-corrected chi connectivity index (χ4v) is 2.78. The summed E-state index contributed by atoms with van der Waals surface area (Å²) in [6.45, 7) is 4.34. The molecule has 1 fully saturated rings. The lowest BCUT2D eigenvalue weighted by Gasteiger charge is -2.38. The quantitative estimate of drug-likeness (QED) is 0.824. The molecule has 1 heterocycles. The van der Waals surface area contributed by atoms with Crippen molar-refractivity contribution < 1.29 is 4.79 Å². The van der Waals surface area contributed by atoms with Crippen LogP contribution in [0.2, 0.25) is 0 Å². The number of carbonyl (C=O) groups is 1. The van der Waals surface area contributed by atoms with Gasteiger partial charge in [-0.1, -0.05) is 6.42 Å². The monoisotopic (exact) mass is 358 g/mol. The number of nitrogens with one attached hydrogen (secondary N) is 1. The minimum Gasteiger partial charge on any atom is -0.284 e. The fourth-order valence-electron chi connectivity index (χ4n) is 2.42. The predicted molar refractivity (Wildman–Crippen MR) is 81.2 cm³/mol. The van der Waals surface area contributed by atoms with Gasteiger partial charge >= 0.3 is 0 Å². The molecule has 0 bridgehead atoms. The zero-order valence-electron chi connectivity index (χ0n) is 10.8. The normalized spacial score (nSPS) is 24.8. The lowest BCUT2D eigenvalue weighted by atomic mass is 10.00. The fraction of sp³-hybridized carbons (Fsp3) is 0.500. The van der Waals surface area contributed by atoms with Crippen LogP contribution in [0.3, 0.4) is 0 Å². The SMILES string of the molecule is CC1CCCC(C)N1NC(=O)c1ccc(I)cc1. The molecule has 1 N–H and O–H groups in total. The second kappa shape index (κ2) is 6.02. The van der Waals surface area contributed by atoms with Crippen molar-refractivity contribution in [3.63, 3.8) is 0 Å². The first-order valence-electron chi connectivity index (χ1n) is 6.43. The maximum absolute atomic E-state index is 12.2. The first kappa shape index (κ1) is 13.8.